The lowest BCUT2D eigenvalue weighted by molar-refractivity contribution is -0.143. The van der Waals surface area contributed by atoms with Gasteiger partial charge < -0.3 is 14.0 Å². The Kier molecular flexibility index (Phi) is 8.22. The van der Waals surface area contributed by atoms with Crippen molar-refractivity contribution in [3.63, 3.8) is 0 Å². The Balaban J connectivity index is 3.19. The summed E-state index contributed by atoms with van der Waals surface area (Å²) < 4.78 is 33.2. The van der Waals surface area contributed by atoms with Crippen LogP contribution in [0.3, 0.4) is 0 Å². The standard InChI is InChI=1S/C16H21O7P/c1-4-20-15(17)12-14(16(18)21-5-2)23-24(19,22-6-3)13-10-8-7-9-11-13/h7-12H,4-6H2,1-3H3. The van der Waals surface area contributed by atoms with Crippen LogP contribution in [-0.2, 0) is 32.7 Å². The molecule has 0 saturated carbocycles. The number of carbonyl (C=O) groups is 2. The molecule has 0 amide bonds. The summed E-state index contributed by atoms with van der Waals surface area (Å²) in [6.45, 7) is 5.12. The Labute approximate surface area is 141 Å². The second-order valence-electron chi connectivity index (χ2n) is 4.32. The second-order valence-corrected chi connectivity index (χ2v) is 6.28. The van der Waals surface area contributed by atoms with Crippen LogP contribution in [0.1, 0.15) is 20.8 Å². The van der Waals surface area contributed by atoms with Crippen molar-refractivity contribution in [2.24, 2.45) is 0 Å². The lowest BCUT2D eigenvalue weighted by Crippen LogP contribution is -2.17. The van der Waals surface area contributed by atoms with Gasteiger partial charge in [-0.15, -0.1) is 0 Å². The maximum Gasteiger partial charge on any atom is 0.410 e. The van der Waals surface area contributed by atoms with Crippen molar-refractivity contribution in [1.29, 1.82) is 0 Å². The molecule has 0 saturated heterocycles. The van der Waals surface area contributed by atoms with E-state index in [1.165, 1.54) is 0 Å². The van der Waals surface area contributed by atoms with Crippen molar-refractivity contribution in [3.05, 3.63) is 42.2 Å². The first-order valence-corrected chi connectivity index (χ1v) is 9.06. The SMILES string of the molecule is CCOC(=O)C=C(OP(=O)(OCC)c1ccccc1)C(=O)OCC. The van der Waals surface area contributed by atoms with Gasteiger partial charge in [0.05, 0.1) is 31.2 Å². The molecule has 1 rings (SSSR count). The Morgan fingerprint density at radius 1 is 1.00 bits per heavy atom. The molecule has 7 nitrogen and oxygen atoms in total. The van der Waals surface area contributed by atoms with E-state index in [1.54, 1.807) is 51.1 Å². The molecule has 0 spiro atoms. The van der Waals surface area contributed by atoms with E-state index in [4.69, 9.17) is 18.5 Å². The smallest absolute Gasteiger partial charge is 0.410 e. The largest absolute Gasteiger partial charge is 0.463 e. The number of esters is 2. The van der Waals surface area contributed by atoms with Gasteiger partial charge in [-0.1, -0.05) is 18.2 Å². The summed E-state index contributed by atoms with van der Waals surface area (Å²) in [7, 11) is -3.86. The molecule has 24 heavy (non-hydrogen) atoms. The molecule has 0 heterocycles. The molecule has 0 aliphatic heterocycles. The molecule has 1 atom stereocenters. The zero-order chi connectivity index (χ0) is 18.0. The van der Waals surface area contributed by atoms with Crippen LogP contribution in [0.4, 0.5) is 0 Å². The molecule has 1 aromatic carbocycles. The highest BCUT2D eigenvalue weighted by Crippen LogP contribution is 2.49. The minimum atomic E-state index is -3.86. The van der Waals surface area contributed by atoms with Gasteiger partial charge in [0.15, 0.2) is 0 Å². The Bertz CT molecular complexity index is 625. The van der Waals surface area contributed by atoms with Crippen molar-refractivity contribution in [1.82, 2.24) is 0 Å². The number of hydrogen-bond acceptors (Lipinski definition) is 7. The van der Waals surface area contributed by atoms with E-state index in [2.05, 4.69) is 0 Å². The van der Waals surface area contributed by atoms with E-state index in [9.17, 15) is 14.2 Å². The summed E-state index contributed by atoms with van der Waals surface area (Å²) in [6, 6.07) is 8.14. The molecule has 0 aromatic heterocycles. The molecular formula is C16H21O7P. The third-order valence-electron chi connectivity index (χ3n) is 2.60. The van der Waals surface area contributed by atoms with Gasteiger partial charge in [-0.3, -0.25) is 4.52 Å². The molecule has 0 aliphatic rings. The van der Waals surface area contributed by atoms with Crippen LogP contribution in [0.15, 0.2) is 42.2 Å². The summed E-state index contributed by atoms with van der Waals surface area (Å²) in [5, 5.41) is 0.255. The van der Waals surface area contributed by atoms with E-state index in [-0.39, 0.29) is 25.1 Å². The van der Waals surface area contributed by atoms with Gasteiger partial charge in [-0.05, 0) is 32.9 Å². The van der Waals surface area contributed by atoms with Crippen molar-refractivity contribution < 1.29 is 32.7 Å². The average molecular weight is 356 g/mol. The van der Waals surface area contributed by atoms with Gasteiger partial charge in [-0.2, -0.15) is 0 Å². The summed E-state index contributed by atoms with van der Waals surface area (Å²) in [6.07, 6.45) is 0.802. The van der Waals surface area contributed by atoms with Crippen molar-refractivity contribution in [2.75, 3.05) is 19.8 Å². The van der Waals surface area contributed by atoms with E-state index >= 15 is 0 Å². The molecule has 0 radical (unpaired) electrons. The predicted molar refractivity (Wildman–Crippen MR) is 87.7 cm³/mol. The molecular weight excluding hydrogens is 335 g/mol. The van der Waals surface area contributed by atoms with Crippen molar-refractivity contribution in [3.8, 4) is 0 Å². The van der Waals surface area contributed by atoms with Gasteiger partial charge >= 0.3 is 19.5 Å². The Hall–Kier alpha value is -2.11. The third-order valence-corrected chi connectivity index (χ3v) is 4.57. The first kappa shape index (κ1) is 19.9. The van der Waals surface area contributed by atoms with E-state index < -0.39 is 25.3 Å². The average Bonchev–Trinajstić information content (AvgIpc) is 2.56. The maximum absolute atomic E-state index is 13.0. The fraction of sp³-hybridized carbons (Fsp3) is 0.375. The highest BCUT2D eigenvalue weighted by molar-refractivity contribution is 7.62. The molecule has 8 heteroatoms. The van der Waals surface area contributed by atoms with Crippen LogP contribution in [-0.4, -0.2) is 31.8 Å². The molecule has 1 unspecified atom stereocenters. The minimum Gasteiger partial charge on any atom is -0.463 e. The normalized spacial score (nSPS) is 13.7. The summed E-state index contributed by atoms with van der Waals surface area (Å²) in [4.78, 5) is 23.6. The van der Waals surface area contributed by atoms with E-state index in [1.807, 2.05) is 0 Å². The topological polar surface area (TPSA) is 88.1 Å². The van der Waals surface area contributed by atoms with Crippen LogP contribution < -0.4 is 5.30 Å². The van der Waals surface area contributed by atoms with Crippen LogP contribution in [0.25, 0.3) is 0 Å². The van der Waals surface area contributed by atoms with E-state index in [0.29, 0.717) is 0 Å². The number of hydrogen-bond donors (Lipinski definition) is 0. The highest BCUT2D eigenvalue weighted by Gasteiger charge is 2.32. The lowest BCUT2D eigenvalue weighted by Gasteiger charge is -2.19. The van der Waals surface area contributed by atoms with Gasteiger partial charge in [0, 0.05) is 0 Å². The maximum atomic E-state index is 13.0. The molecule has 0 bridgehead atoms. The molecule has 0 aliphatic carbocycles. The number of ether oxygens (including phenoxy) is 2. The molecule has 132 valence electrons. The number of rotatable bonds is 9. The third kappa shape index (κ3) is 5.83. The van der Waals surface area contributed by atoms with Crippen LogP contribution in [0.5, 0.6) is 0 Å². The van der Waals surface area contributed by atoms with E-state index in [0.717, 1.165) is 6.08 Å². The first-order chi connectivity index (χ1) is 11.5. The monoisotopic (exact) mass is 356 g/mol. The molecule has 0 fully saturated rings. The summed E-state index contributed by atoms with van der Waals surface area (Å²) in [5.41, 5.74) is 0. The fourth-order valence-corrected chi connectivity index (χ4v) is 3.25. The summed E-state index contributed by atoms with van der Waals surface area (Å²) >= 11 is 0. The predicted octanol–water partition coefficient (Wildman–Crippen LogP) is 2.57. The fourth-order valence-electron chi connectivity index (χ4n) is 1.68. The van der Waals surface area contributed by atoms with Gasteiger partial charge in [0.1, 0.15) is 0 Å². The quantitative estimate of drug-likeness (QED) is 0.291. The van der Waals surface area contributed by atoms with Crippen molar-refractivity contribution in [2.45, 2.75) is 20.8 Å². The Morgan fingerprint density at radius 2 is 1.62 bits per heavy atom. The van der Waals surface area contributed by atoms with Crippen LogP contribution >= 0.6 is 7.60 Å². The van der Waals surface area contributed by atoms with Crippen LogP contribution in [0.2, 0.25) is 0 Å². The molecule has 0 N–H and O–H groups in total. The first-order valence-electron chi connectivity index (χ1n) is 7.52. The molecule has 1 aromatic rings. The second kappa shape index (κ2) is 9.90. The summed E-state index contributed by atoms with van der Waals surface area (Å²) in [5.74, 6) is -2.27. The number of benzene rings is 1. The zero-order valence-corrected chi connectivity index (χ0v) is 14.8. The highest BCUT2D eigenvalue weighted by atomic mass is 31.2. The Morgan fingerprint density at radius 3 is 2.17 bits per heavy atom. The van der Waals surface area contributed by atoms with Gasteiger partial charge in [-0.25, -0.2) is 14.2 Å². The minimum absolute atomic E-state index is 0.0621. The van der Waals surface area contributed by atoms with Crippen molar-refractivity contribution >= 4 is 24.8 Å². The van der Waals surface area contributed by atoms with Crippen LogP contribution in [0, 0.1) is 0 Å². The lowest BCUT2D eigenvalue weighted by atomic mass is 10.4. The van der Waals surface area contributed by atoms with Gasteiger partial charge in [0.25, 0.3) is 0 Å². The van der Waals surface area contributed by atoms with Gasteiger partial charge in [0.2, 0.25) is 5.76 Å². The zero-order valence-electron chi connectivity index (χ0n) is 13.9. The number of carbonyl (C=O) groups excluding carboxylic acids is 2.